The molecule has 0 aliphatic heterocycles. The van der Waals surface area contributed by atoms with Crippen molar-refractivity contribution in [3.8, 4) is 0 Å². The molecule has 0 spiro atoms. The standard InChI is InChI=1S/C10H10ClF2NO3/c1-2-17-10(16)6-3-5(4-11)7(8(12)13)14-9(6)15/h3,8H,2,4H2,1H3,(H,14,15). The van der Waals surface area contributed by atoms with Crippen LogP contribution in [0.1, 0.15) is 35.0 Å². The molecule has 7 heteroatoms. The van der Waals surface area contributed by atoms with Gasteiger partial charge in [0.15, 0.2) is 0 Å². The van der Waals surface area contributed by atoms with Gasteiger partial charge in [0.25, 0.3) is 12.0 Å². The van der Waals surface area contributed by atoms with Gasteiger partial charge in [-0.05, 0) is 18.6 Å². The number of H-pyrrole nitrogens is 1. The van der Waals surface area contributed by atoms with E-state index < -0.39 is 23.6 Å². The Bertz CT molecular complexity index is 473. The molecule has 0 aliphatic carbocycles. The Morgan fingerprint density at radius 3 is 2.71 bits per heavy atom. The third-order valence-corrected chi connectivity index (χ3v) is 2.30. The van der Waals surface area contributed by atoms with Crippen LogP contribution in [-0.4, -0.2) is 17.6 Å². The Hall–Kier alpha value is -1.43. The van der Waals surface area contributed by atoms with Crippen molar-refractivity contribution in [2.75, 3.05) is 6.61 Å². The zero-order valence-corrected chi connectivity index (χ0v) is 9.68. The van der Waals surface area contributed by atoms with Gasteiger partial charge in [0, 0.05) is 5.88 Å². The lowest BCUT2D eigenvalue weighted by Crippen LogP contribution is -2.22. The van der Waals surface area contributed by atoms with Crippen molar-refractivity contribution in [2.24, 2.45) is 0 Å². The lowest BCUT2D eigenvalue weighted by molar-refractivity contribution is 0.0523. The smallest absolute Gasteiger partial charge is 0.343 e. The molecule has 0 amide bonds. The number of esters is 1. The number of hydrogen-bond acceptors (Lipinski definition) is 3. The zero-order valence-electron chi connectivity index (χ0n) is 8.93. The molecule has 1 rings (SSSR count). The predicted molar refractivity (Wildman–Crippen MR) is 57.5 cm³/mol. The Kier molecular flexibility index (Phi) is 4.62. The molecule has 94 valence electrons. The summed E-state index contributed by atoms with van der Waals surface area (Å²) < 4.78 is 29.7. The summed E-state index contributed by atoms with van der Waals surface area (Å²) in [5.41, 5.74) is -1.80. The minimum Gasteiger partial charge on any atom is -0.462 e. The summed E-state index contributed by atoms with van der Waals surface area (Å²) in [4.78, 5) is 24.7. The Morgan fingerprint density at radius 2 is 2.24 bits per heavy atom. The van der Waals surface area contributed by atoms with E-state index >= 15 is 0 Å². The number of hydrogen-bond donors (Lipinski definition) is 1. The normalized spacial score (nSPS) is 10.6. The van der Waals surface area contributed by atoms with E-state index in [-0.39, 0.29) is 23.6 Å². The second kappa shape index (κ2) is 5.77. The van der Waals surface area contributed by atoms with E-state index in [0.29, 0.717) is 0 Å². The maximum absolute atomic E-state index is 12.5. The largest absolute Gasteiger partial charge is 0.462 e. The molecule has 0 unspecified atom stereocenters. The summed E-state index contributed by atoms with van der Waals surface area (Å²) in [6.07, 6.45) is -2.85. The number of halogens is 3. The predicted octanol–water partition coefficient (Wildman–Crippen LogP) is 2.23. The number of aromatic nitrogens is 1. The quantitative estimate of drug-likeness (QED) is 0.671. The van der Waals surface area contributed by atoms with Gasteiger partial charge in [-0.1, -0.05) is 0 Å². The minimum absolute atomic E-state index is 0.00400. The molecule has 4 nitrogen and oxygen atoms in total. The maximum atomic E-state index is 12.5. The van der Waals surface area contributed by atoms with Crippen LogP contribution in [0.25, 0.3) is 0 Å². The summed E-state index contributed by atoms with van der Waals surface area (Å²) in [6.45, 7) is 1.66. The van der Waals surface area contributed by atoms with Crippen LogP contribution in [0.2, 0.25) is 0 Å². The second-order valence-electron chi connectivity index (χ2n) is 3.11. The molecule has 0 saturated carbocycles. The van der Waals surface area contributed by atoms with Crippen LogP contribution in [0.5, 0.6) is 0 Å². The summed E-state index contributed by atoms with van der Waals surface area (Å²) in [6, 6.07) is 1.03. The average molecular weight is 266 g/mol. The summed E-state index contributed by atoms with van der Waals surface area (Å²) in [5.74, 6) is -1.09. The summed E-state index contributed by atoms with van der Waals surface area (Å²) in [5, 5.41) is 0. The van der Waals surface area contributed by atoms with Crippen molar-refractivity contribution in [3.63, 3.8) is 0 Å². The highest BCUT2D eigenvalue weighted by Gasteiger charge is 2.19. The van der Waals surface area contributed by atoms with Crippen LogP contribution in [-0.2, 0) is 10.6 Å². The highest BCUT2D eigenvalue weighted by Crippen LogP contribution is 2.21. The van der Waals surface area contributed by atoms with Crippen LogP contribution in [0.4, 0.5) is 8.78 Å². The summed E-state index contributed by atoms with van der Waals surface area (Å²) >= 11 is 5.47. The van der Waals surface area contributed by atoms with E-state index in [4.69, 9.17) is 11.6 Å². The molecule has 1 aromatic heterocycles. The third kappa shape index (κ3) is 3.03. The molecule has 1 heterocycles. The number of carbonyl (C=O) groups excluding carboxylic acids is 1. The Morgan fingerprint density at radius 1 is 1.59 bits per heavy atom. The maximum Gasteiger partial charge on any atom is 0.343 e. The van der Waals surface area contributed by atoms with Crippen molar-refractivity contribution < 1.29 is 18.3 Å². The third-order valence-electron chi connectivity index (χ3n) is 2.01. The molecular formula is C10H10ClF2NO3. The van der Waals surface area contributed by atoms with Gasteiger partial charge < -0.3 is 9.72 Å². The summed E-state index contributed by atoms with van der Waals surface area (Å²) in [7, 11) is 0. The molecular weight excluding hydrogens is 256 g/mol. The molecule has 0 bridgehead atoms. The lowest BCUT2D eigenvalue weighted by atomic mass is 10.1. The van der Waals surface area contributed by atoms with Crippen LogP contribution < -0.4 is 5.56 Å². The van der Waals surface area contributed by atoms with Crippen molar-refractivity contribution >= 4 is 17.6 Å². The van der Waals surface area contributed by atoms with Crippen LogP contribution in [0.15, 0.2) is 10.9 Å². The Labute approximate surface area is 101 Å². The second-order valence-corrected chi connectivity index (χ2v) is 3.37. The van der Waals surface area contributed by atoms with Gasteiger partial charge in [0.05, 0.1) is 12.3 Å². The number of ether oxygens (including phenoxy) is 1. The van der Waals surface area contributed by atoms with E-state index in [1.54, 1.807) is 6.92 Å². The molecule has 17 heavy (non-hydrogen) atoms. The lowest BCUT2D eigenvalue weighted by Gasteiger charge is -2.08. The molecule has 0 saturated heterocycles. The van der Waals surface area contributed by atoms with E-state index in [9.17, 15) is 18.4 Å². The fourth-order valence-corrected chi connectivity index (χ4v) is 1.47. The number of carbonyl (C=O) groups is 1. The number of rotatable bonds is 4. The first-order chi connectivity index (χ1) is 8.01. The van der Waals surface area contributed by atoms with Crippen LogP contribution in [0, 0.1) is 0 Å². The van der Waals surface area contributed by atoms with E-state index in [1.807, 2.05) is 4.98 Å². The molecule has 0 atom stereocenters. The van der Waals surface area contributed by atoms with E-state index in [0.717, 1.165) is 6.07 Å². The first-order valence-corrected chi connectivity index (χ1v) is 5.32. The van der Waals surface area contributed by atoms with Crippen LogP contribution >= 0.6 is 11.6 Å². The first kappa shape index (κ1) is 13.6. The van der Waals surface area contributed by atoms with Gasteiger partial charge in [-0.2, -0.15) is 0 Å². The number of alkyl halides is 3. The average Bonchev–Trinajstić information content (AvgIpc) is 2.28. The first-order valence-electron chi connectivity index (χ1n) is 4.78. The highest BCUT2D eigenvalue weighted by molar-refractivity contribution is 6.17. The number of nitrogens with one attached hydrogen (secondary N) is 1. The SMILES string of the molecule is CCOC(=O)c1cc(CCl)c(C(F)F)[nH]c1=O. The number of pyridine rings is 1. The fourth-order valence-electron chi connectivity index (χ4n) is 1.25. The van der Waals surface area contributed by atoms with Gasteiger partial charge in [-0.15, -0.1) is 11.6 Å². The fraction of sp³-hybridized carbons (Fsp3) is 0.400. The van der Waals surface area contributed by atoms with Gasteiger partial charge in [0.2, 0.25) is 0 Å². The van der Waals surface area contributed by atoms with Gasteiger partial charge in [0.1, 0.15) is 5.56 Å². The van der Waals surface area contributed by atoms with Crippen molar-refractivity contribution in [1.82, 2.24) is 4.98 Å². The van der Waals surface area contributed by atoms with Gasteiger partial charge in [-0.3, -0.25) is 4.79 Å². The van der Waals surface area contributed by atoms with Gasteiger partial charge >= 0.3 is 5.97 Å². The molecule has 0 aromatic carbocycles. The molecule has 0 radical (unpaired) electrons. The van der Waals surface area contributed by atoms with Crippen molar-refractivity contribution in [2.45, 2.75) is 19.2 Å². The molecule has 0 aliphatic rings. The van der Waals surface area contributed by atoms with E-state index in [2.05, 4.69) is 4.74 Å². The van der Waals surface area contributed by atoms with Crippen LogP contribution in [0.3, 0.4) is 0 Å². The van der Waals surface area contributed by atoms with Gasteiger partial charge in [-0.25, -0.2) is 13.6 Å². The zero-order chi connectivity index (χ0) is 13.0. The van der Waals surface area contributed by atoms with Crippen molar-refractivity contribution in [3.05, 3.63) is 33.2 Å². The topological polar surface area (TPSA) is 59.2 Å². The molecule has 1 N–H and O–H groups in total. The van der Waals surface area contributed by atoms with Crippen molar-refractivity contribution in [1.29, 1.82) is 0 Å². The monoisotopic (exact) mass is 265 g/mol. The Balaban J connectivity index is 3.27. The highest BCUT2D eigenvalue weighted by atomic mass is 35.5. The number of aromatic amines is 1. The molecule has 1 aromatic rings. The van der Waals surface area contributed by atoms with E-state index in [1.165, 1.54) is 0 Å². The minimum atomic E-state index is -2.85. The molecule has 0 fully saturated rings.